The highest BCUT2D eigenvalue weighted by molar-refractivity contribution is 6.03. The molecular formula is C29H27F3N6O2. The Bertz CT molecular complexity index is 1640. The predicted molar refractivity (Wildman–Crippen MR) is 144 cm³/mol. The van der Waals surface area contributed by atoms with Crippen LogP contribution in [0.25, 0.3) is 16.9 Å². The summed E-state index contributed by atoms with van der Waals surface area (Å²) in [5, 5.41) is 10.7. The van der Waals surface area contributed by atoms with Gasteiger partial charge in [-0.2, -0.15) is 23.4 Å². The number of hydrogen-bond donors (Lipinski definition) is 1. The van der Waals surface area contributed by atoms with Gasteiger partial charge in [0.05, 0.1) is 23.8 Å². The number of aromatic nitrogens is 5. The molecule has 5 rings (SSSR count). The summed E-state index contributed by atoms with van der Waals surface area (Å²) in [4.78, 5) is 17.2. The minimum absolute atomic E-state index is 0.0962. The number of benzene rings is 2. The molecule has 3 aromatic heterocycles. The van der Waals surface area contributed by atoms with Gasteiger partial charge in [-0.3, -0.25) is 4.79 Å². The summed E-state index contributed by atoms with van der Waals surface area (Å²) in [5.74, 6) is 0.256. The van der Waals surface area contributed by atoms with Gasteiger partial charge in [0.1, 0.15) is 5.75 Å². The Labute approximate surface area is 228 Å². The summed E-state index contributed by atoms with van der Waals surface area (Å²) in [6.45, 7) is 6.24. The first-order valence-electron chi connectivity index (χ1n) is 12.7. The van der Waals surface area contributed by atoms with Crippen molar-refractivity contribution in [3.05, 3.63) is 95.6 Å². The lowest BCUT2D eigenvalue weighted by molar-refractivity contribution is -0.142. The molecule has 0 fully saturated rings. The molecule has 0 saturated carbocycles. The minimum atomic E-state index is -4.72. The molecular weight excluding hydrogens is 521 g/mol. The van der Waals surface area contributed by atoms with Crippen LogP contribution in [0, 0.1) is 0 Å². The van der Waals surface area contributed by atoms with Gasteiger partial charge in [-0.25, -0.2) is 14.2 Å². The fourth-order valence-electron chi connectivity index (χ4n) is 4.13. The van der Waals surface area contributed by atoms with Gasteiger partial charge in [0.25, 0.3) is 5.91 Å². The molecule has 0 bridgehead atoms. The van der Waals surface area contributed by atoms with Crippen molar-refractivity contribution < 1.29 is 22.7 Å². The molecule has 11 heteroatoms. The minimum Gasteiger partial charge on any atom is -0.471 e. The second kappa shape index (κ2) is 10.8. The summed E-state index contributed by atoms with van der Waals surface area (Å²) >= 11 is 0. The number of rotatable bonds is 8. The van der Waals surface area contributed by atoms with E-state index in [0.717, 1.165) is 18.1 Å². The number of nitrogens with zero attached hydrogens (tertiary/aromatic N) is 5. The van der Waals surface area contributed by atoms with Crippen molar-refractivity contribution >= 4 is 17.2 Å². The van der Waals surface area contributed by atoms with Crippen LogP contribution in [0.15, 0.2) is 73.1 Å². The monoisotopic (exact) mass is 548 g/mol. The maximum atomic E-state index is 14.0. The zero-order chi connectivity index (χ0) is 28.4. The normalized spacial score (nSPS) is 11.8. The first-order valence-corrected chi connectivity index (χ1v) is 12.7. The van der Waals surface area contributed by atoms with Gasteiger partial charge in [0, 0.05) is 11.6 Å². The zero-order valence-electron chi connectivity index (χ0n) is 22.1. The van der Waals surface area contributed by atoms with Gasteiger partial charge < -0.3 is 10.1 Å². The average Bonchev–Trinajstić information content (AvgIpc) is 3.58. The Morgan fingerprint density at radius 2 is 1.77 bits per heavy atom. The van der Waals surface area contributed by atoms with E-state index >= 15 is 0 Å². The van der Waals surface area contributed by atoms with E-state index in [1.54, 1.807) is 18.3 Å². The Morgan fingerprint density at radius 1 is 1.05 bits per heavy atom. The van der Waals surface area contributed by atoms with E-state index in [-0.39, 0.29) is 29.7 Å². The second-order valence-corrected chi connectivity index (χ2v) is 9.59. The standard InChI is InChI=1S/C29H27F3N6O2/c1-4-19-5-11-23(12-6-19)40-17-37-16-22(15-33-37)34-28(39)25-14-27-35-24(13-26(29(30,31)32)38(27)36-25)21-9-7-20(8-10-21)18(2)3/h5-16,18H,4,17H2,1-3H3,(H,34,39). The fourth-order valence-corrected chi connectivity index (χ4v) is 4.13. The molecule has 0 radical (unpaired) electrons. The lowest BCUT2D eigenvalue weighted by atomic mass is 10.0. The van der Waals surface area contributed by atoms with Crippen molar-refractivity contribution in [1.82, 2.24) is 24.4 Å². The number of carbonyl (C=O) groups is 1. The molecule has 8 nitrogen and oxygen atoms in total. The largest absolute Gasteiger partial charge is 0.471 e. The van der Waals surface area contributed by atoms with Crippen molar-refractivity contribution in [2.75, 3.05) is 5.32 Å². The molecule has 5 aromatic rings. The number of ether oxygens (including phenoxy) is 1. The molecule has 3 heterocycles. The van der Waals surface area contributed by atoms with E-state index < -0.39 is 17.8 Å². The predicted octanol–water partition coefficient (Wildman–Crippen LogP) is 6.59. The molecule has 40 heavy (non-hydrogen) atoms. The highest BCUT2D eigenvalue weighted by Gasteiger charge is 2.35. The summed E-state index contributed by atoms with van der Waals surface area (Å²) < 4.78 is 49.7. The lowest BCUT2D eigenvalue weighted by Gasteiger charge is -2.11. The van der Waals surface area contributed by atoms with Gasteiger partial charge >= 0.3 is 6.18 Å². The Morgan fingerprint density at radius 3 is 2.42 bits per heavy atom. The maximum absolute atomic E-state index is 14.0. The van der Waals surface area contributed by atoms with Gasteiger partial charge in [0.15, 0.2) is 23.8 Å². The molecule has 206 valence electrons. The Balaban J connectivity index is 1.35. The summed E-state index contributed by atoms with van der Waals surface area (Å²) in [6, 6.07) is 17.0. The van der Waals surface area contributed by atoms with Gasteiger partial charge in [-0.05, 0) is 41.7 Å². The third-order valence-electron chi connectivity index (χ3n) is 6.41. The second-order valence-electron chi connectivity index (χ2n) is 9.59. The van der Waals surface area contributed by atoms with Crippen LogP contribution in [0.4, 0.5) is 18.9 Å². The summed E-state index contributed by atoms with van der Waals surface area (Å²) in [5.41, 5.74) is 1.90. The number of anilines is 1. The highest BCUT2D eigenvalue weighted by Crippen LogP contribution is 2.33. The molecule has 1 N–H and O–H groups in total. The van der Waals surface area contributed by atoms with Gasteiger partial charge in [-0.15, -0.1) is 0 Å². The van der Waals surface area contributed by atoms with E-state index in [2.05, 4.69) is 27.4 Å². The Kier molecular flexibility index (Phi) is 7.29. The van der Waals surface area contributed by atoms with E-state index in [0.29, 0.717) is 21.5 Å². The molecule has 0 aliphatic carbocycles. The van der Waals surface area contributed by atoms with Crippen LogP contribution >= 0.6 is 0 Å². The van der Waals surface area contributed by atoms with Crippen LogP contribution in [0.1, 0.15) is 54.0 Å². The smallest absolute Gasteiger partial charge is 0.433 e. The number of aryl methyl sites for hydroxylation is 1. The van der Waals surface area contributed by atoms with Crippen molar-refractivity contribution in [2.45, 2.75) is 46.0 Å². The molecule has 0 spiro atoms. The topological polar surface area (TPSA) is 86.3 Å². The van der Waals surface area contributed by atoms with Crippen molar-refractivity contribution in [3.63, 3.8) is 0 Å². The third-order valence-corrected chi connectivity index (χ3v) is 6.41. The van der Waals surface area contributed by atoms with E-state index in [1.165, 1.54) is 22.5 Å². The average molecular weight is 549 g/mol. The van der Waals surface area contributed by atoms with Crippen LogP contribution < -0.4 is 10.1 Å². The first kappa shape index (κ1) is 26.9. The zero-order valence-corrected chi connectivity index (χ0v) is 22.1. The van der Waals surface area contributed by atoms with E-state index in [9.17, 15) is 18.0 Å². The van der Waals surface area contributed by atoms with Crippen LogP contribution in [-0.2, 0) is 19.3 Å². The molecule has 0 unspecified atom stereocenters. The molecule has 0 aliphatic rings. The van der Waals surface area contributed by atoms with Crippen molar-refractivity contribution in [3.8, 4) is 17.0 Å². The number of halogens is 3. The maximum Gasteiger partial charge on any atom is 0.433 e. The number of amides is 1. The van der Waals surface area contributed by atoms with Gasteiger partial charge in [0.2, 0.25) is 0 Å². The van der Waals surface area contributed by atoms with Crippen LogP contribution in [0.5, 0.6) is 5.75 Å². The lowest BCUT2D eigenvalue weighted by Crippen LogP contribution is -2.15. The van der Waals surface area contributed by atoms with E-state index in [4.69, 9.17) is 4.74 Å². The first-order chi connectivity index (χ1) is 19.1. The number of fused-ring (bicyclic) bond motifs is 1. The molecule has 0 aliphatic heterocycles. The van der Waals surface area contributed by atoms with Crippen LogP contribution in [-0.4, -0.2) is 30.3 Å². The Hall–Kier alpha value is -4.67. The molecule has 0 saturated heterocycles. The summed E-state index contributed by atoms with van der Waals surface area (Å²) in [7, 11) is 0. The van der Waals surface area contributed by atoms with Crippen molar-refractivity contribution in [1.29, 1.82) is 0 Å². The molecule has 0 atom stereocenters. The van der Waals surface area contributed by atoms with Crippen LogP contribution in [0.3, 0.4) is 0 Å². The number of carbonyl (C=O) groups excluding carboxylic acids is 1. The summed E-state index contributed by atoms with van der Waals surface area (Å²) in [6.07, 6.45) is -0.830. The SMILES string of the molecule is CCc1ccc(OCn2cc(NC(=O)c3cc4nc(-c5ccc(C(C)C)cc5)cc(C(F)(F)F)n4n3)cn2)cc1. The number of nitrogens with one attached hydrogen (secondary N) is 1. The quantitative estimate of drug-likeness (QED) is 0.237. The fraction of sp³-hybridized carbons (Fsp3) is 0.241. The number of alkyl halides is 3. The van der Waals surface area contributed by atoms with Crippen LogP contribution in [0.2, 0.25) is 0 Å². The molecule has 1 amide bonds. The third kappa shape index (κ3) is 5.83. The highest BCUT2D eigenvalue weighted by atomic mass is 19.4. The van der Waals surface area contributed by atoms with E-state index in [1.807, 2.05) is 50.2 Å². The molecule has 2 aromatic carbocycles. The van der Waals surface area contributed by atoms with Crippen molar-refractivity contribution in [2.24, 2.45) is 0 Å². The van der Waals surface area contributed by atoms with Gasteiger partial charge in [-0.1, -0.05) is 57.2 Å². The number of hydrogen-bond acceptors (Lipinski definition) is 5.